The predicted molar refractivity (Wildman–Crippen MR) is 95.8 cm³/mol. The Bertz CT molecular complexity index is 737. The summed E-state index contributed by atoms with van der Waals surface area (Å²) < 4.78 is 4.62. The van der Waals surface area contributed by atoms with Crippen molar-refractivity contribution >= 4 is 23.8 Å². The Labute approximate surface area is 146 Å². The predicted octanol–water partition coefficient (Wildman–Crippen LogP) is 3.02. The number of anilines is 1. The molecule has 0 spiro atoms. The molecular weight excluding hydrogens is 320 g/mol. The number of carbonyl (C=O) groups excluding carboxylic acids is 2. The van der Waals surface area contributed by atoms with Crippen molar-refractivity contribution in [1.82, 2.24) is 0 Å². The zero-order chi connectivity index (χ0) is 18.1. The van der Waals surface area contributed by atoms with Crippen LogP contribution in [0, 0.1) is 0 Å². The van der Waals surface area contributed by atoms with E-state index < -0.39 is 5.97 Å². The Balaban J connectivity index is 1.78. The largest absolute Gasteiger partial charge is 0.465 e. The van der Waals surface area contributed by atoms with E-state index in [1.54, 1.807) is 24.3 Å². The van der Waals surface area contributed by atoms with Crippen molar-refractivity contribution in [2.75, 3.05) is 19.0 Å². The molecule has 1 N–H and O–H groups in total. The third-order valence-corrected chi connectivity index (χ3v) is 3.45. The van der Waals surface area contributed by atoms with E-state index in [1.807, 2.05) is 24.3 Å². The number of hydrogen-bond acceptors (Lipinski definition) is 5. The number of nitrogens with zero attached hydrogens (tertiary/aromatic N) is 1. The van der Waals surface area contributed by atoms with Crippen LogP contribution in [0.25, 0.3) is 0 Å². The lowest BCUT2D eigenvalue weighted by molar-refractivity contribution is -0.120. The van der Waals surface area contributed by atoms with Gasteiger partial charge in [-0.2, -0.15) is 0 Å². The minimum atomic E-state index is -0.400. The maximum absolute atomic E-state index is 11.8. The number of nitrogens with one attached hydrogen (secondary N) is 1. The van der Waals surface area contributed by atoms with E-state index in [9.17, 15) is 9.59 Å². The van der Waals surface area contributed by atoms with Gasteiger partial charge in [-0.1, -0.05) is 36.3 Å². The molecule has 6 heteroatoms. The molecule has 0 aliphatic carbocycles. The van der Waals surface area contributed by atoms with Crippen molar-refractivity contribution in [1.29, 1.82) is 0 Å². The van der Waals surface area contributed by atoms with Gasteiger partial charge in [-0.05, 0) is 41.8 Å². The van der Waals surface area contributed by atoms with E-state index in [4.69, 9.17) is 4.84 Å². The minimum Gasteiger partial charge on any atom is -0.465 e. The SMILES string of the molecule is CCc1ccc(NC(=O)CO/N=C/c2ccc(C(=O)OC)cc2)cc1. The number of methoxy groups -OCH3 is 1. The molecule has 2 aromatic rings. The first-order valence-corrected chi connectivity index (χ1v) is 7.85. The van der Waals surface area contributed by atoms with Gasteiger partial charge in [0, 0.05) is 5.69 Å². The second-order valence-corrected chi connectivity index (χ2v) is 5.22. The topological polar surface area (TPSA) is 77.0 Å². The van der Waals surface area contributed by atoms with Crippen molar-refractivity contribution in [3.05, 3.63) is 65.2 Å². The first-order chi connectivity index (χ1) is 12.1. The van der Waals surface area contributed by atoms with Gasteiger partial charge in [0.2, 0.25) is 0 Å². The molecule has 2 rings (SSSR count). The highest BCUT2D eigenvalue weighted by atomic mass is 16.6. The number of esters is 1. The molecule has 25 heavy (non-hydrogen) atoms. The van der Waals surface area contributed by atoms with Crippen molar-refractivity contribution in [3.63, 3.8) is 0 Å². The molecule has 0 fully saturated rings. The standard InChI is InChI=1S/C19H20N2O4/c1-3-14-6-10-17(11-7-14)21-18(22)13-25-20-12-15-4-8-16(9-5-15)19(23)24-2/h4-12H,3,13H2,1-2H3,(H,21,22)/b20-12+. The van der Waals surface area contributed by atoms with E-state index in [1.165, 1.54) is 18.9 Å². The molecule has 0 aliphatic rings. The summed E-state index contributed by atoms with van der Waals surface area (Å²) in [5.74, 6) is -0.689. The van der Waals surface area contributed by atoms with E-state index in [-0.39, 0.29) is 12.5 Å². The number of aryl methyl sites for hydroxylation is 1. The van der Waals surface area contributed by atoms with Crippen LogP contribution >= 0.6 is 0 Å². The summed E-state index contributed by atoms with van der Waals surface area (Å²) in [6.07, 6.45) is 2.41. The van der Waals surface area contributed by atoms with Crippen LogP contribution in [-0.4, -0.2) is 31.8 Å². The van der Waals surface area contributed by atoms with Crippen molar-refractivity contribution in [3.8, 4) is 0 Å². The van der Waals surface area contributed by atoms with Gasteiger partial charge in [-0.25, -0.2) is 4.79 Å². The number of rotatable bonds is 7. The Kier molecular flexibility index (Phi) is 6.71. The van der Waals surface area contributed by atoms with Crippen LogP contribution in [0.1, 0.15) is 28.4 Å². The van der Waals surface area contributed by atoms with Crippen LogP contribution in [0.5, 0.6) is 0 Å². The zero-order valence-corrected chi connectivity index (χ0v) is 14.2. The van der Waals surface area contributed by atoms with Gasteiger partial charge in [0.05, 0.1) is 18.9 Å². The van der Waals surface area contributed by atoms with Crippen LogP contribution in [0.3, 0.4) is 0 Å². The normalized spacial score (nSPS) is 10.5. The molecular formula is C19H20N2O4. The second kappa shape index (κ2) is 9.22. The first kappa shape index (κ1) is 18.2. The fraction of sp³-hybridized carbons (Fsp3) is 0.211. The summed E-state index contributed by atoms with van der Waals surface area (Å²) in [4.78, 5) is 28.1. The lowest BCUT2D eigenvalue weighted by Gasteiger charge is -2.05. The van der Waals surface area contributed by atoms with Crippen molar-refractivity contribution in [2.24, 2.45) is 5.16 Å². The van der Waals surface area contributed by atoms with Gasteiger partial charge in [-0.15, -0.1) is 0 Å². The van der Waals surface area contributed by atoms with Gasteiger partial charge in [0.1, 0.15) is 0 Å². The number of benzene rings is 2. The molecule has 0 heterocycles. The first-order valence-electron chi connectivity index (χ1n) is 7.85. The van der Waals surface area contributed by atoms with Gasteiger partial charge in [-0.3, -0.25) is 4.79 Å². The van der Waals surface area contributed by atoms with Crippen molar-refractivity contribution < 1.29 is 19.2 Å². The Morgan fingerprint density at radius 1 is 1.08 bits per heavy atom. The Hall–Kier alpha value is -3.15. The highest BCUT2D eigenvalue weighted by molar-refractivity contribution is 5.92. The lowest BCUT2D eigenvalue weighted by atomic mass is 10.1. The summed E-state index contributed by atoms with van der Waals surface area (Å²) in [7, 11) is 1.33. The molecule has 0 radical (unpaired) electrons. The summed E-state index contributed by atoms with van der Waals surface area (Å²) in [6, 6.07) is 14.3. The Morgan fingerprint density at radius 3 is 2.36 bits per heavy atom. The van der Waals surface area contributed by atoms with Crippen molar-refractivity contribution in [2.45, 2.75) is 13.3 Å². The number of carbonyl (C=O) groups is 2. The molecule has 0 bridgehead atoms. The van der Waals surface area contributed by atoms with E-state index in [0.717, 1.165) is 12.0 Å². The maximum atomic E-state index is 11.8. The van der Waals surface area contributed by atoms with Crippen LogP contribution in [0.15, 0.2) is 53.7 Å². The quantitative estimate of drug-likeness (QED) is 0.477. The smallest absolute Gasteiger partial charge is 0.337 e. The van der Waals surface area contributed by atoms with E-state index in [2.05, 4.69) is 22.1 Å². The minimum absolute atomic E-state index is 0.188. The molecule has 0 aliphatic heterocycles. The molecule has 0 saturated heterocycles. The average Bonchev–Trinajstić information content (AvgIpc) is 2.65. The summed E-state index contributed by atoms with van der Waals surface area (Å²) in [5.41, 5.74) is 3.11. The highest BCUT2D eigenvalue weighted by Gasteiger charge is 2.04. The summed E-state index contributed by atoms with van der Waals surface area (Å²) >= 11 is 0. The van der Waals surface area contributed by atoms with Crippen LogP contribution < -0.4 is 5.32 Å². The molecule has 0 aromatic heterocycles. The van der Waals surface area contributed by atoms with Crippen LogP contribution in [-0.2, 0) is 20.8 Å². The summed E-state index contributed by atoms with van der Waals surface area (Å²) in [6.45, 7) is 1.88. The average molecular weight is 340 g/mol. The highest BCUT2D eigenvalue weighted by Crippen LogP contribution is 2.09. The van der Waals surface area contributed by atoms with Gasteiger partial charge in [0.15, 0.2) is 6.61 Å². The van der Waals surface area contributed by atoms with E-state index >= 15 is 0 Å². The molecule has 130 valence electrons. The molecule has 1 amide bonds. The van der Waals surface area contributed by atoms with Gasteiger partial charge >= 0.3 is 5.97 Å². The Morgan fingerprint density at radius 2 is 1.76 bits per heavy atom. The number of hydrogen-bond donors (Lipinski definition) is 1. The number of oxime groups is 1. The molecule has 2 aromatic carbocycles. The third kappa shape index (κ3) is 5.76. The summed E-state index contributed by atoms with van der Waals surface area (Å²) in [5, 5.41) is 6.47. The molecule has 0 atom stereocenters. The monoisotopic (exact) mass is 340 g/mol. The third-order valence-electron chi connectivity index (χ3n) is 3.45. The number of ether oxygens (including phenoxy) is 1. The molecule has 0 unspecified atom stereocenters. The maximum Gasteiger partial charge on any atom is 0.337 e. The number of amides is 1. The lowest BCUT2D eigenvalue weighted by Crippen LogP contribution is -2.16. The zero-order valence-electron chi connectivity index (χ0n) is 14.2. The molecule has 0 saturated carbocycles. The second-order valence-electron chi connectivity index (χ2n) is 5.22. The van der Waals surface area contributed by atoms with Crippen LogP contribution in [0.2, 0.25) is 0 Å². The fourth-order valence-electron chi connectivity index (χ4n) is 2.04. The van der Waals surface area contributed by atoms with Gasteiger partial charge in [0.25, 0.3) is 5.91 Å². The fourth-order valence-corrected chi connectivity index (χ4v) is 2.04. The van der Waals surface area contributed by atoms with Crippen LogP contribution in [0.4, 0.5) is 5.69 Å². The molecule has 6 nitrogen and oxygen atoms in total. The van der Waals surface area contributed by atoms with E-state index in [0.29, 0.717) is 11.3 Å². The van der Waals surface area contributed by atoms with Gasteiger partial charge < -0.3 is 14.9 Å².